The lowest BCUT2D eigenvalue weighted by Gasteiger charge is -2.12. The molecule has 5 rings (SSSR count). The molecule has 29 heavy (non-hydrogen) atoms. The van der Waals surface area contributed by atoms with Crippen LogP contribution in [0.2, 0.25) is 5.02 Å². The number of hydrogen-bond acceptors (Lipinski definition) is 4. The van der Waals surface area contributed by atoms with Gasteiger partial charge >= 0.3 is 17.5 Å². The van der Waals surface area contributed by atoms with Crippen LogP contribution in [0.3, 0.4) is 0 Å². The first-order chi connectivity index (χ1) is 14.1. The second kappa shape index (κ2) is 6.73. The number of aromatic nitrogens is 5. The number of aryl methyl sites for hydroxylation is 1. The maximum atomic E-state index is 6.52. The molecule has 0 radical (unpaired) electrons. The predicted molar refractivity (Wildman–Crippen MR) is 112 cm³/mol. The highest BCUT2D eigenvalue weighted by Gasteiger charge is 2.20. The predicted octanol–water partition coefficient (Wildman–Crippen LogP) is 3.64. The van der Waals surface area contributed by atoms with Gasteiger partial charge < -0.3 is 5.73 Å². The van der Waals surface area contributed by atoms with E-state index < -0.39 is 0 Å². The van der Waals surface area contributed by atoms with Crippen LogP contribution in [0, 0.1) is 13.3 Å². The minimum atomic E-state index is 0.337. The maximum Gasteiger partial charge on any atom is 0.385 e. The first-order valence-corrected chi connectivity index (χ1v) is 9.48. The number of rotatable bonds is 3. The Morgan fingerprint density at radius 2 is 2.00 bits per heavy atom. The SMILES string of the molecule is Cc1cccc2cc(Cn3c#[n+]c4c(N)ncnc43)c(-c3ccccc3Cl)nc12. The molecule has 6 nitrogen and oxygen atoms in total. The molecule has 0 amide bonds. The summed E-state index contributed by atoms with van der Waals surface area (Å²) in [6, 6.07) is 16.0. The monoisotopic (exact) mass is 399 g/mol. The van der Waals surface area contributed by atoms with Gasteiger partial charge in [-0.05, 0) is 24.6 Å². The summed E-state index contributed by atoms with van der Waals surface area (Å²) in [5.74, 6) is 0.337. The van der Waals surface area contributed by atoms with Crippen molar-refractivity contribution < 1.29 is 4.98 Å². The number of nitrogens with two attached hydrogens (primary N) is 1. The summed E-state index contributed by atoms with van der Waals surface area (Å²) in [7, 11) is 0. The molecule has 140 valence electrons. The van der Waals surface area contributed by atoms with Crippen molar-refractivity contribution in [2.75, 3.05) is 5.73 Å². The molecule has 5 aromatic rings. The van der Waals surface area contributed by atoms with Crippen LogP contribution in [-0.4, -0.2) is 19.5 Å². The highest BCUT2D eigenvalue weighted by molar-refractivity contribution is 6.33. The molecule has 0 saturated carbocycles. The topological polar surface area (TPSA) is 83.7 Å². The Morgan fingerprint density at radius 1 is 1.14 bits per heavy atom. The Balaban J connectivity index is 1.74. The van der Waals surface area contributed by atoms with Gasteiger partial charge in [0.15, 0.2) is 5.82 Å². The van der Waals surface area contributed by atoms with Crippen LogP contribution in [0.5, 0.6) is 0 Å². The average molecular weight is 400 g/mol. The summed E-state index contributed by atoms with van der Waals surface area (Å²) in [5, 5.41) is 1.72. The Hall–Kier alpha value is -3.69. The third-order valence-corrected chi connectivity index (χ3v) is 5.28. The van der Waals surface area contributed by atoms with Gasteiger partial charge in [0.25, 0.3) is 0 Å². The van der Waals surface area contributed by atoms with Gasteiger partial charge in [-0.1, -0.05) is 48.0 Å². The summed E-state index contributed by atoms with van der Waals surface area (Å²) in [5.41, 5.74) is 11.9. The Kier molecular flexibility index (Phi) is 4.04. The number of nitrogens with zero attached hydrogens (tertiary/aromatic N) is 5. The summed E-state index contributed by atoms with van der Waals surface area (Å²) in [6.07, 6.45) is 4.41. The summed E-state index contributed by atoms with van der Waals surface area (Å²) < 4.78 is 1.83. The fourth-order valence-corrected chi connectivity index (χ4v) is 3.75. The Bertz CT molecular complexity index is 1370. The van der Waals surface area contributed by atoms with Gasteiger partial charge in [0.2, 0.25) is 0 Å². The molecule has 7 heteroatoms. The van der Waals surface area contributed by atoms with Crippen LogP contribution in [-0.2, 0) is 6.54 Å². The number of anilines is 1. The minimum absolute atomic E-state index is 0.337. The van der Waals surface area contributed by atoms with E-state index >= 15 is 0 Å². The van der Waals surface area contributed by atoms with Crippen molar-refractivity contribution in [2.24, 2.45) is 0 Å². The average Bonchev–Trinajstić information content (AvgIpc) is 3.13. The molecule has 3 heterocycles. The zero-order chi connectivity index (χ0) is 20.0. The molecule has 2 aromatic carbocycles. The standard InChI is InChI=1S/C22H16ClN6/c1-13-5-4-6-14-9-15(10-29-12-27-20-21(24)25-11-26-22(20)29)19(28-18(13)14)16-7-2-3-8-17(16)23/h2-9,11H,10H2,1H3,(H2,24,25,26)/q+1. The van der Waals surface area contributed by atoms with Gasteiger partial charge in [-0.2, -0.15) is 4.98 Å². The number of benzene rings is 2. The third-order valence-electron chi connectivity index (χ3n) is 4.95. The van der Waals surface area contributed by atoms with Gasteiger partial charge in [-0.15, -0.1) is 9.55 Å². The lowest BCUT2D eigenvalue weighted by atomic mass is 10.0. The van der Waals surface area contributed by atoms with Gasteiger partial charge in [-0.3, -0.25) is 0 Å². The van der Waals surface area contributed by atoms with E-state index in [4.69, 9.17) is 22.3 Å². The highest BCUT2D eigenvalue weighted by atomic mass is 35.5. The summed E-state index contributed by atoms with van der Waals surface area (Å²) in [6.45, 7) is 2.53. The van der Waals surface area contributed by atoms with Gasteiger partial charge in [0, 0.05) is 21.5 Å². The number of halogens is 1. The van der Waals surface area contributed by atoms with Crippen LogP contribution in [0.25, 0.3) is 33.3 Å². The van der Waals surface area contributed by atoms with E-state index in [1.165, 1.54) is 6.33 Å². The van der Waals surface area contributed by atoms with Crippen LogP contribution >= 0.6 is 11.6 Å². The fourth-order valence-electron chi connectivity index (χ4n) is 3.52. The first-order valence-electron chi connectivity index (χ1n) is 9.10. The lowest BCUT2D eigenvalue weighted by molar-refractivity contribution is -0.258. The quantitative estimate of drug-likeness (QED) is 0.500. The molecular formula is C22H16ClN6+. The summed E-state index contributed by atoms with van der Waals surface area (Å²) >= 11 is 6.52. The Labute approximate surface area is 172 Å². The molecule has 0 bridgehead atoms. The van der Waals surface area contributed by atoms with Gasteiger partial charge in [0.05, 0.1) is 11.2 Å². The third kappa shape index (κ3) is 2.93. The zero-order valence-corrected chi connectivity index (χ0v) is 16.4. The molecule has 0 atom stereocenters. The second-order valence-corrected chi connectivity index (χ2v) is 7.26. The normalized spacial score (nSPS) is 11.1. The number of fused-ring (bicyclic) bond motifs is 2. The van der Waals surface area contributed by atoms with E-state index in [0.29, 0.717) is 28.5 Å². The molecule has 0 unspecified atom stereocenters. The number of nitrogen functional groups attached to an aromatic ring is 1. The minimum Gasteiger partial charge on any atom is -0.379 e. The van der Waals surface area contributed by atoms with Crippen LogP contribution in [0.4, 0.5) is 5.82 Å². The molecule has 2 N–H and O–H groups in total. The molecule has 0 aliphatic rings. The summed E-state index contributed by atoms with van der Waals surface area (Å²) in [4.78, 5) is 17.6. The van der Waals surface area contributed by atoms with Crippen molar-refractivity contribution in [3.8, 4) is 11.3 Å². The molecule has 0 spiro atoms. The molecule has 0 aliphatic heterocycles. The first kappa shape index (κ1) is 17.4. The smallest absolute Gasteiger partial charge is 0.379 e. The highest BCUT2D eigenvalue weighted by Crippen LogP contribution is 2.32. The molecule has 0 aliphatic carbocycles. The molecule has 0 fully saturated rings. The lowest BCUT2D eigenvalue weighted by Crippen LogP contribution is -2.04. The van der Waals surface area contributed by atoms with Crippen molar-refractivity contribution in [1.29, 1.82) is 0 Å². The number of hydrogen-bond donors (Lipinski definition) is 1. The molecular weight excluding hydrogens is 384 g/mol. The van der Waals surface area contributed by atoms with Crippen molar-refractivity contribution in [3.05, 3.63) is 77.3 Å². The van der Waals surface area contributed by atoms with Crippen LogP contribution in [0.1, 0.15) is 11.1 Å². The maximum absolute atomic E-state index is 6.52. The van der Waals surface area contributed by atoms with Crippen molar-refractivity contribution in [2.45, 2.75) is 13.5 Å². The van der Waals surface area contributed by atoms with Gasteiger partial charge in [0.1, 0.15) is 12.9 Å². The van der Waals surface area contributed by atoms with E-state index in [9.17, 15) is 0 Å². The number of pyridine rings is 1. The molecule has 0 saturated heterocycles. The van der Waals surface area contributed by atoms with Crippen LogP contribution in [0.15, 0.2) is 54.9 Å². The van der Waals surface area contributed by atoms with E-state index in [-0.39, 0.29) is 0 Å². The van der Waals surface area contributed by atoms with E-state index in [1.54, 1.807) is 0 Å². The van der Waals surface area contributed by atoms with Crippen molar-refractivity contribution in [1.82, 2.24) is 19.5 Å². The van der Waals surface area contributed by atoms with Crippen molar-refractivity contribution in [3.63, 3.8) is 0 Å². The van der Waals surface area contributed by atoms with Crippen LogP contribution < -0.4 is 10.7 Å². The number of para-hydroxylation sites is 1. The van der Waals surface area contributed by atoms with E-state index in [0.717, 1.165) is 33.3 Å². The van der Waals surface area contributed by atoms with Gasteiger partial charge in [-0.25, -0.2) is 9.97 Å². The molecule has 3 aromatic heterocycles. The largest absolute Gasteiger partial charge is 0.385 e. The van der Waals surface area contributed by atoms with E-state index in [2.05, 4.69) is 46.4 Å². The van der Waals surface area contributed by atoms with E-state index in [1.807, 2.05) is 34.9 Å². The van der Waals surface area contributed by atoms with Crippen molar-refractivity contribution >= 4 is 39.5 Å². The Morgan fingerprint density at radius 3 is 2.86 bits per heavy atom. The zero-order valence-electron chi connectivity index (χ0n) is 15.6. The fraction of sp³-hybridized carbons (Fsp3) is 0.0909. The second-order valence-electron chi connectivity index (χ2n) is 6.85.